The number of hydrogen-bond acceptors (Lipinski definition) is 4. The quantitative estimate of drug-likeness (QED) is 0.707. The lowest BCUT2D eigenvalue weighted by Gasteiger charge is -2.08. The second-order valence-electron chi connectivity index (χ2n) is 3.70. The van der Waals surface area contributed by atoms with E-state index in [-0.39, 0.29) is 0 Å². The molecule has 5 heteroatoms. The molecule has 0 N–H and O–H groups in total. The van der Waals surface area contributed by atoms with Crippen LogP contribution in [0.15, 0.2) is 41.3 Å². The average Bonchev–Trinajstić information content (AvgIpc) is 2.91. The summed E-state index contributed by atoms with van der Waals surface area (Å²) in [6.45, 7) is 0. The smallest absolute Gasteiger partial charge is 0.229 e. The van der Waals surface area contributed by atoms with Gasteiger partial charge >= 0.3 is 0 Å². The Morgan fingerprint density at radius 2 is 2.11 bits per heavy atom. The number of oxazole rings is 1. The Morgan fingerprint density at radius 3 is 2.83 bits per heavy atom. The summed E-state index contributed by atoms with van der Waals surface area (Å²) in [5, 5.41) is 1.48. The molecule has 2 aromatic heterocycles. The van der Waals surface area contributed by atoms with Crippen LogP contribution in [-0.2, 0) is 0 Å². The van der Waals surface area contributed by atoms with Crippen molar-refractivity contribution in [1.82, 2.24) is 9.97 Å². The molecule has 0 aliphatic rings. The van der Waals surface area contributed by atoms with Gasteiger partial charge in [-0.1, -0.05) is 11.6 Å². The molecule has 0 amide bonds. The largest absolute Gasteiger partial charge is 0.496 e. The summed E-state index contributed by atoms with van der Waals surface area (Å²) in [6, 6.07) is 5.44. The Labute approximate surface area is 108 Å². The summed E-state index contributed by atoms with van der Waals surface area (Å²) in [6.07, 6.45) is 4.77. The van der Waals surface area contributed by atoms with Gasteiger partial charge in [0.05, 0.1) is 29.4 Å². The Bertz CT molecular complexity index is 696. The van der Waals surface area contributed by atoms with Crippen LogP contribution in [0.3, 0.4) is 0 Å². The number of ether oxygens (including phenoxy) is 1. The van der Waals surface area contributed by atoms with Crippen molar-refractivity contribution in [3.63, 3.8) is 0 Å². The van der Waals surface area contributed by atoms with Gasteiger partial charge in [-0.3, -0.25) is 4.98 Å². The number of hydrogen-bond donors (Lipinski definition) is 0. The summed E-state index contributed by atoms with van der Waals surface area (Å²) in [5.74, 6) is 1.15. The van der Waals surface area contributed by atoms with E-state index in [0.717, 1.165) is 16.5 Å². The lowest BCUT2D eigenvalue weighted by Crippen LogP contribution is -1.90. The van der Waals surface area contributed by atoms with Crippen molar-refractivity contribution in [2.75, 3.05) is 7.11 Å². The van der Waals surface area contributed by atoms with Crippen LogP contribution >= 0.6 is 11.6 Å². The van der Waals surface area contributed by atoms with E-state index in [1.165, 1.54) is 6.26 Å². The predicted octanol–water partition coefficient (Wildman–Crippen LogP) is 3.55. The monoisotopic (exact) mass is 260 g/mol. The number of halogens is 1. The highest BCUT2D eigenvalue weighted by molar-refractivity contribution is 6.35. The normalized spacial score (nSPS) is 10.8. The minimum Gasteiger partial charge on any atom is -0.496 e. The standard InChI is InChI=1S/C13H9ClN2O2/c1-17-12-7-11-8(10(14)2-3-15-11)6-9(12)13-16-4-5-18-13/h2-7H,1H3. The molecule has 0 saturated carbocycles. The van der Waals surface area contributed by atoms with Crippen molar-refractivity contribution in [1.29, 1.82) is 0 Å². The van der Waals surface area contributed by atoms with Crippen molar-refractivity contribution in [3.8, 4) is 17.2 Å². The summed E-state index contributed by atoms with van der Waals surface area (Å²) < 4.78 is 10.6. The molecule has 0 aliphatic carbocycles. The van der Waals surface area contributed by atoms with E-state index in [9.17, 15) is 0 Å². The maximum atomic E-state index is 6.15. The fourth-order valence-corrected chi connectivity index (χ4v) is 2.04. The lowest BCUT2D eigenvalue weighted by atomic mass is 10.1. The molecule has 18 heavy (non-hydrogen) atoms. The molecule has 0 spiro atoms. The molecule has 0 radical (unpaired) electrons. The number of methoxy groups -OCH3 is 1. The molecule has 1 aromatic carbocycles. The van der Waals surface area contributed by atoms with E-state index in [1.807, 2.05) is 12.1 Å². The van der Waals surface area contributed by atoms with Crippen LogP contribution in [0.5, 0.6) is 5.75 Å². The third-order valence-electron chi connectivity index (χ3n) is 2.67. The van der Waals surface area contributed by atoms with Gasteiger partial charge in [-0.05, 0) is 12.1 Å². The minimum absolute atomic E-state index is 0.494. The summed E-state index contributed by atoms with van der Waals surface area (Å²) in [5.41, 5.74) is 1.53. The summed E-state index contributed by atoms with van der Waals surface area (Å²) in [7, 11) is 1.60. The molecular formula is C13H9ClN2O2. The van der Waals surface area contributed by atoms with Gasteiger partial charge in [-0.2, -0.15) is 0 Å². The van der Waals surface area contributed by atoms with E-state index in [0.29, 0.717) is 16.7 Å². The zero-order valence-corrected chi connectivity index (χ0v) is 10.3. The number of fused-ring (bicyclic) bond motifs is 1. The fourth-order valence-electron chi connectivity index (χ4n) is 1.83. The average molecular weight is 261 g/mol. The van der Waals surface area contributed by atoms with Crippen molar-refractivity contribution in [3.05, 3.63) is 41.9 Å². The van der Waals surface area contributed by atoms with Crippen LogP contribution < -0.4 is 4.74 Å². The van der Waals surface area contributed by atoms with Gasteiger partial charge in [0.15, 0.2) is 0 Å². The van der Waals surface area contributed by atoms with Gasteiger partial charge in [0.1, 0.15) is 12.0 Å². The molecule has 0 bridgehead atoms. The zero-order chi connectivity index (χ0) is 12.5. The first-order valence-corrected chi connectivity index (χ1v) is 5.69. The van der Waals surface area contributed by atoms with E-state index in [1.54, 1.807) is 25.6 Å². The molecule has 0 fully saturated rings. The van der Waals surface area contributed by atoms with Gasteiger partial charge in [0.25, 0.3) is 0 Å². The molecular weight excluding hydrogens is 252 g/mol. The molecule has 3 aromatic rings. The van der Waals surface area contributed by atoms with Gasteiger partial charge in [0.2, 0.25) is 5.89 Å². The Morgan fingerprint density at radius 1 is 1.22 bits per heavy atom. The Kier molecular flexibility index (Phi) is 2.64. The SMILES string of the molecule is COc1cc2nccc(Cl)c2cc1-c1ncco1. The van der Waals surface area contributed by atoms with Gasteiger partial charge in [-0.25, -0.2) is 4.98 Å². The summed E-state index contributed by atoms with van der Waals surface area (Å²) in [4.78, 5) is 8.38. The molecule has 0 saturated heterocycles. The zero-order valence-electron chi connectivity index (χ0n) is 9.55. The van der Waals surface area contributed by atoms with E-state index in [4.69, 9.17) is 20.8 Å². The summed E-state index contributed by atoms with van der Waals surface area (Å²) >= 11 is 6.15. The van der Waals surface area contributed by atoms with Gasteiger partial charge in [-0.15, -0.1) is 0 Å². The number of aromatic nitrogens is 2. The Balaban J connectivity index is 2.33. The van der Waals surface area contributed by atoms with Crippen molar-refractivity contribution >= 4 is 22.5 Å². The Hall–Kier alpha value is -2.07. The number of rotatable bonds is 2. The highest BCUT2D eigenvalue weighted by atomic mass is 35.5. The fraction of sp³-hybridized carbons (Fsp3) is 0.0769. The number of nitrogens with zero attached hydrogens (tertiary/aromatic N) is 2. The van der Waals surface area contributed by atoms with Crippen LogP contribution in [0, 0.1) is 0 Å². The van der Waals surface area contributed by atoms with Crippen molar-refractivity contribution in [2.24, 2.45) is 0 Å². The topological polar surface area (TPSA) is 48.2 Å². The van der Waals surface area contributed by atoms with E-state index < -0.39 is 0 Å². The predicted molar refractivity (Wildman–Crippen MR) is 68.8 cm³/mol. The third kappa shape index (κ3) is 1.71. The molecule has 0 atom stereocenters. The highest BCUT2D eigenvalue weighted by Gasteiger charge is 2.13. The third-order valence-corrected chi connectivity index (χ3v) is 3.00. The van der Waals surface area contributed by atoms with Crippen LogP contribution in [0.4, 0.5) is 0 Å². The first-order chi connectivity index (χ1) is 8.79. The maximum Gasteiger partial charge on any atom is 0.229 e. The van der Waals surface area contributed by atoms with E-state index >= 15 is 0 Å². The van der Waals surface area contributed by atoms with E-state index in [2.05, 4.69) is 9.97 Å². The second-order valence-corrected chi connectivity index (χ2v) is 4.11. The molecule has 0 aliphatic heterocycles. The first-order valence-electron chi connectivity index (χ1n) is 5.31. The highest BCUT2D eigenvalue weighted by Crippen LogP contribution is 2.34. The molecule has 90 valence electrons. The van der Waals surface area contributed by atoms with Crippen LogP contribution in [0.1, 0.15) is 0 Å². The molecule has 2 heterocycles. The van der Waals surface area contributed by atoms with Crippen LogP contribution in [0.25, 0.3) is 22.4 Å². The van der Waals surface area contributed by atoms with Crippen LogP contribution in [0.2, 0.25) is 5.02 Å². The van der Waals surface area contributed by atoms with Gasteiger partial charge < -0.3 is 9.15 Å². The lowest BCUT2D eigenvalue weighted by molar-refractivity contribution is 0.415. The first kappa shape index (κ1) is 11.0. The molecule has 3 rings (SSSR count). The maximum absolute atomic E-state index is 6.15. The number of pyridine rings is 1. The number of benzene rings is 1. The van der Waals surface area contributed by atoms with Crippen molar-refractivity contribution in [2.45, 2.75) is 0 Å². The minimum atomic E-state index is 0.494. The van der Waals surface area contributed by atoms with Crippen LogP contribution in [-0.4, -0.2) is 17.1 Å². The molecule has 4 nitrogen and oxygen atoms in total. The van der Waals surface area contributed by atoms with Crippen molar-refractivity contribution < 1.29 is 9.15 Å². The molecule has 0 unspecified atom stereocenters. The second kappa shape index (κ2) is 4.31. The van der Waals surface area contributed by atoms with Gasteiger partial charge in [0, 0.05) is 17.6 Å².